The lowest BCUT2D eigenvalue weighted by Crippen LogP contribution is -2.21. The topological polar surface area (TPSA) is 12.0 Å². The molecule has 0 aliphatic heterocycles. The molecule has 112 valence electrons. The Labute approximate surface area is 125 Å². The number of hydrogen-bond acceptors (Lipinski definition) is 1. The number of aryl methyl sites for hydroxylation is 3. The largest absolute Gasteiger partial charge is 0.313 e. The number of nitrogens with one attached hydrogen (secondary N) is 1. The van der Waals surface area contributed by atoms with E-state index in [1.54, 1.807) is 14.0 Å². The Bertz CT molecular complexity index is 650. The summed E-state index contributed by atoms with van der Waals surface area (Å²) in [6, 6.07) is 8.53. The van der Waals surface area contributed by atoms with Crippen molar-refractivity contribution in [2.45, 2.75) is 33.2 Å². The number of hydrogen-bond donors (Lipinski definition) is 1. The smallest absolute Gasteiger partial charge is 0.128 e. The normalized spacial score (nSPS) is 12.5. The molecule has 0 bridgehead atoms. The highest BCUT2D eigenvalue weighted by Gasteiger charge is 2.17. The first kappa shape index (κ1) is 15.6. The maximum atomic E-state index is 14.1. The number of rotatable bonds is 4. The molecule has 0 aliphatic rings. The molecule has 0 fully saturated rings. The summed E-state index contributed by atoms with van der Waals surface area (Å²) in [6.45, 7) is 5.64. The van der Waals surface area contributed by atoms with Crippen LogP contribution in [-0.4, -0.2) is 7.05 Å². The summed E-state index contributed by atoms with van der Waals surface area (Å²) in [5.41, 5.74) is 4.18. The Balaban J connectivity index is 2.36. The van der Waals surface area contributed by atoms with Gasteiger partial charge in [-0.3, -0.25) is 0 Å². The lowest BCUT2D eigenvalue weighted by atomic mass is 9.94. The average molecular weight is 289 g/mol. The molecule has 2 rings (SSSR count). The molecule has 1 nitrogen and oxygen atoms in total. The van der Waals surface area contributed by atoms with Crippen molar-refractivity contribution in [3.8, 4) is 0 Å². The SMILES string of the molecule is CNC(Cc1cc(C)ccc1C)c1cc(F)c(C)cc1F. The van der Waals surface area contributed by atoms with Crippen molar-refractivity contribution in [1.29, 1.82) is 0 Å². The summed E-state index contributed by atoms with van der Waals surface area (Å²) in [5, 5.41) is 3.09. The van der Waals surface area contributed by atoms with E-state index in [1.807, 2.05) is 13.8 Å². The molecule has 0 heterocycles. The zero-order valence-electron chi connectivity index (χ0n) is 12.9. The van der Waals surface area contributed by atoms with Crippen LogP contribution >= 0.6 is 0 Å². The molecule has 3 heteroatoms. The van der Waals surface area contributed by atoms with Gasteiger partial charge >= 0.3 is 0 Å². The second kappa shape index (κ2) is 6.35. The second-order valence-electron chi connectivity index (χ2n) is 5.60. The zero-order chi connectivity index (χ0) is 15.6. The van der Waals surface area contributed by atoms with Gasteiger partial charge in [-0.05, 0) is 63.1 Å². The van der Waals surface area contributed by atoms with E-state index in [1.165, 1.54) is 17.7 Å². The first-order chi connectivity index (χ1) is 9.92. The monoisotopic (exact) mass is 289 g/mol. The lowest BCUT2D eigenvalue weighted by molar-refractivity contribution is 0.520. The van der Waals surface area contributed by atoms with Gasteiger partial charge in [0, 0.05) is 11.6 Å². The van der Waals surface area contributed by atoms with Crippen LogP contribution in [0.15, 0.2) is 30.3 Å². The van der Waals surface area contributed by atoms with Gasteiger partial charge < -0.3 is 5.32 Å². The van der Waals surface area contributed by atoms with E-state index in [0.717, 1.165) is 11.1 Å². The minimum absolute atomic E-state index is 0.249. The molecular weight excluding hydrogens is 268 g/mol. The first-order valence-corrected chi connectivity index (χ1v) is 7.11. The number of benzene rings is 2. The molecule has 2 aromatic carbocycles. The predicted octanol–water partition coefficient (Wildman–Crippen LogP) is 4.39. The minimum Gasteiger partial charge on any atom is -0.313 e. The standard InChI is InChI=1S/C18H21F2N/c1-11-5-6-12(2)14(7-11)9-18(21-4)15-10-16(19)13(3)8-17(15)20/h5-8,10,18,21H,9H2,1-4H3. The van der Waals surface area contributed by atoms with Crippen molar-refractivity contribution in [2.24, 2.45) is 0 Å². The Hall–Kier alpha value is -1.74. The summed E-state index contributed by atoms with van der Waals surface area (Å²) in [5.74, 6) is -0.730. The van der Waals surface area contributed by atoms with Gasteiger partial charge in [-0.1, -0.05) is 23.8 Å². The van der Waals surface area contributed by atoms with Crippen LogP contribution in [0.1, 0.15) is 33.9 Å². The molecule has 0 amide bonds. The third-order valence-corrected chi connectivity index (χ3v) is 3.93. The Morgan fingerprint density at radius 3 is 2.33 bits per heavy atom. The van der Waals surface area contributed by atoms with E-state index in [4.69, 9.17) is 0 Å². The van der Waals surface area contributed by atoms with Crippen molar-refractivity contribution in [3.63, 3.8) is 0 Å². The third-order valence-electron chi connectivity index (χ3n) is 3.93. The maximum absolute atomic E-state index is 14.1. The van der Waals surface area contributed by atoms with Gasteiger partial charge in [0.15, 0.2) is 0 Å². The van der Waals surface area contributed by atoms with Gasteiger partial charge in [0.2, 0.25) is 0 Å². The van der Waals surface area contributed by atoms with Crippen LogP contribution in [0.3, 0.4) is 0 Å². The van der Waals surface area contributed by atoms with Crippen molar-refractivity contribution in [1.82, 2.24) is 5.32 Å². The van der Waals surface area contributed by atoms with Gasteiger partial charge in [-0.2, -0.15) is 0 Å². The molecule has 1 N–H and O–H groups in total. The Morgan fingerprint density at radius 2 is 1.67 bits per heavy atom. The van der Waals surface area contributed by atoms with E-state index in [9.17, 15) is 8.78 Å². The molecule has 1 unspecified atom stereocenters. The highest BCUT2D eigenvalue weighted by Crippen LogP contribution is 2.25. The minimum atomic E-state index is -0.368. The Morgan fingerprint density at radius 1 is 0.952 bits per heavy atom. The van der Waals surface area contributed by atoms with Gasteiger partial charge in [0.25, 0.3) is 0 Å². The fourth-order valence-electron chi connectivity index (χ4n) is 2.54. The molecule has 0 spiro atoms. The van der Waals surface area contributed by atoms with Crippen molar-refractivity contribution in [2.75, 3.05) is 7.05 Å². The summed E-state index contributed by atoms with van der Waals surface area (Å²) in [4.78, 5) is 0. The Kier molecular flexibility index (Phi) is 4.73. The van der Waals surface area contributed by atoms with Gasteiger partial charge in [0.05, 0.1) is 0 Å². The fraction of sp³-hybridized carbons (Fsp3) is 0.333. The number of halogens is 2. The fourth-order valence-corrected chi connectivity index (χ4v) is 2.54. The second-order valence-corrected chi connectivity index (χ2v) is 5.60. The van der Waals surface area contributed by atoms with E-state index < -0.39 is 0 Å². The van der Waals surface area contributed by atoms with E-state index in [-0.39, 0.29) is 17.7 Å². The van der Waals surface area contributed by atoms with E-state index in [2.05, 4.69) is 23.5 Å². The third kappa shape index (κ3) is 3.48. The van der Waals surface area contributed by atoms with Gasteiger partial charge in [-0.25, -0.2) is 8.78 Å². The van der Waals surface area contributed by atoms with Crippen molar-refractivity contribution < 1.29 is 8.78 Å². The van der Waals surface area contributed by atoms with E-state index in [0.29, 0.717) is 17.5 Å². The van der Waals surface area contributed by atoms with Crippen molar-refractivity contribution >= 4 is 0 Å². The van der Waals surface area contributed by atoms with Crippen LogP contribution in [0.2, 0.25) is 0 Å². The van der Waals surface area contributed by atoms with Gasteiger partial charge in [-0.15, -0.1) is 0 Å². The van der Waals surface area contributed by atoms with Crippen LogP contribution in [0, 0.1) is 32.4 Å². The first-order valence-electron chi connectivity index (χ1n) is 7.11. The maximum Gasteiger partial charge on any atom is 0.128 e. The van der Waals surface area contributed by atoms with Crippen LogP contribution in [0.25, 0.3) is 0 Å². The van der Waals surface area contributed by atoms with Crippen LogP contribution in [0.5, 0.6) is 0 Å². The highest BCUT2D eigenvalue weighted by molar-refractivity contribution is 5.34. The average Bonchev–Trinajstić information content (AvgIpc) is 2.44. The molecule has 2 aromatic rings. The molecule has 21 heavy (non-hydrogen) atoms. The molecule has 0 saturated heterocycles. The molecular formula is C18H21F2N. The molecule has 0 radical (unpaired) electrons. The van der Waals surface area contributed by atoms with Crippen LogP contribution < -0.4 is 5.32 Å². The highest BCUT2D eigenvalue weighted by atomic mass is 19.1. The lowest BCUT2D eigenvalue weighted by Gasteiger charge is -2.19. The van der Waals surface area contributed by atoms with Crippen molar-refractivity contribution in [3.05, 3.63) is 69.8 Å². The predicted molar refractivity (Wildman–Crippen MR) is 82.5 cm³/mol. The summed E-state index contributed by atoms with van der Waals surface area (Å²) >= 11 is 0. The van der Waals surface area contributed by atoms with E-state index >= 15 is 0 Å². The molecule has 0 aliphatic carbocycles. The van der Waals surface area contributed by atoms with Crippen LogP contribution in [0.4, 0.5) is 8.78 Å². The summed E-state index contributed by atoms with van der Waals surface area (Å²) in [7, 11) is 1.77. The summed E-state index contributed by atoms with van der Waals surface area (Å²) in [6.07, 6.45) is 0.628. The zero-order valence-corrected chi connectivity index (χ0v) is 12.9. The molecule has 0 saturated carbocycles. The quantitative estimate of drug-likeness (QED) is 0.880. The molecule has 0 aromatic heterocycles. The van der Waals surface area contributed by atoms with Crippen LogP contribution in [-0.2, 0) is 6.42 Å². The molecule has 1 atom stereocenters. The summed E-state index contributed by atoms with van der Waals surface area (Å²) < 4.78 is 27.9. The van der Waals surface area contributed by atoms with Gasteiger partial charge in [0.1, 0.15) is 11.6 Å². The number of likely N-dealkylation sites (N-methyl/N-ethyl adjacent to an activating group) is 1.